The highest BCUT2D eigenvalue weighted by molar-refractivity contribution is 5.93. The van der Waals surface area contributed by atoms with Gasteiger partial charge in [0.25, 0.3) is 5.91 Å². The third kappa shape index (κ3) is 2.25. The average molecular weight is 420 g/mol. The molecule has 0 bridgehead atoms. The highest BCUT2D eigenvalue weighted by Crippen LogP contribution is 2.96. The summed E-state index contributed by atoms with van der Waals surface area (Å²) in [7, 11) is 1.94. The molecule has 2 amide bonds. The van der Waals surface area contributed by atoms with Crippen molar-refractivity contribution in [3.05, 3.63) is 35.8 Å². The van der Waals surface area contributed by atoms with Crippen molar-refractivity contribution in [1.82, 2.24) is 24.9 Å². The molecule has 162 valence electrons. The molecule has 2 aromatic rings. The zero-order valence-corrected chi connectivity index (χ0v) is 17.9. The lowest BCUT2D eigenvalue weighted by atomic mass is 9.43. The lowest BCUT2D eigenvalue weighted by molar-refractivity contribution is -0.136. The van der Waals surface area contributed by atoms with Crippen LogP contribution in [0.2, 0.25) is 0 Å². The molecular weight excluding hydrogens is 390 g/mol. The maximum absolute atomic E-state index is 13.0. The second-order valence-corrected chi connectivity index (χ2v) is 10.4. The van der Waals surface area contributed by atoms with E-state index in [0.29, 0.717) is 23.3 Å². The van der Waals surface area contributed by atoms with Crippen LogP contribution < -0.4 is 10.6 Å². The number of rotatable bonds is 6. The third-order valence-corrected chi connectivity index (χ3v) is 9.50. The van der Waals surface area contributed by atoms with Crippen LogP contribution in [-0.2, 0) is 11.2 Å². The van der Waals surface area contributed by atoms with E-state index in [1.54, 1.807) is 0 Å². The first-order valence-corrected chi connectivity index (χ1v) is 11.8. The number of fused-ring (bicyclic) bond motifs is 2. The molecule has 1 spiro atoms. The van der Waals surface area contributed by atoms with Crippen LogP contribution in [0, 0.1) is 35.0 Å². The Kier molecular flexibility index (Phi) is 3.57. The van der Waals surface area contributed by atoms with Crippen molar-refractivity contribution in [1.29, 1.82) is 0 Å². The van der Waals surface area contributed by atoms with Gasteiger partial charge in [-0.3, -0.25) is 14.0 Å². The first kappa shape index (κ1) is 18.2. The molecule has 4 aliphatic carbocycles. The molecule has 2 N–H and O–H groups in total. The number of nitrogens with zero attached hydrogens (tertiary/aromatic N) is 3. The Morgan fingerprint density at radius 3 is 2.87 bits per heavy atom. The van der Waals surface area contributed by atoms with Gasteiger partial charge in [-0.15, -0.1) is 0 Å². The van der Waals surface area contributed by atoms with Gasteiger partial charge >= 0.3 is 0 Å². The number of amides is 2. The number of carbonyl (C=O) groups is 2. The topological polar surface area (TPSA) is 78.7 Å². The van der Waals surface area contributed by atoms with Crippen molar-refractivity contribution in [2.75, 3.05) is 26.7 Å². The molecule has 0 radical (unpaired) electrons. The van der Waals surface area contributed by atoms with E-state index in [0.717, 1.165) is 60.8 Å². The van der Waals surface area contributed by atoms with Gasteiger partial charge in [0.2, 0.25) is 5.91 Å². The van der Waals surface area contributed by atoms with Crippen LogP contribution in [0.4, 0.5) is 0 Å². The fourth-order valence-electron chi connectivity index (χ4n) is 8.02. The maximum Gasteiger partial charge on any atom is 0.268 e. The van der Waals surface area contributed by atoms with E-state index in [1.165, 1.54) is 12.8 Å². The summed E-state index contributed by atoms with van der Waals surface area (Å²) in [5.74, 6) is 4.58. The Bertz CT molecular complexity index is 1100. The van der Waals surface area contributed by atoms with E-state index >= 15 is 0 Å². The number of hydrogen-bond acceptors (Lipinski definition) is 4. The second-order valence-electron chi connectivity index (χ2n) is 10.4. The summed E-state index contributed by atoms with van der Waals surface area (Å²) in [6.45, 7) is 2.34. The van der Waals surface area contributed by atoms with Crippen LogP contribution in [0.1, 0.15) is 35.4 Å². The number of hydrogen-bond donors (Lipinski definition) is 2. The van der Waals surface area contributed by atoms with Crippen molar-refractivity contribution in [3.8, 4) is 0 Å². The van der Waals surface area contributed by atoms with Crippen LogP contribution in [0.25, 0.3) is 5.65 Å². The van der Waals surface area contributed by atoms with E-state index in [2.05, 4.69) is 15.6 Å². The number of pyridine rings is 1. The first-order chi connectivity index (χ1) is 15.1. The molecule has 31 heavy (non-hydrogen) atoms. The largest absolute Gasteiger partial charge is 0.350 e. The summed E-state index contributed by atoms with van der Waals surface area (Å²) >= 11 is 0. The predicted molar refractivity (Wildman–Crippen MR) is 114 cm³/mol. The van der Waals surface area contributed by atoms with Crippen molar-refractivity contribution in [2.45, 2.75) is 31.7 Å². The van der Waals surface area contributed by atoms with Crippen molar-refractivity contribution < 1.29 is 9.59 Å². The maximum atomic E-state index is 13.0. The SMILES string of the molecule is CNC1CCN(C(=O)Cc2cn3c(C(=O)NCC4C5CC6CC7C4C657)cccc3n2)C1. The molecule has 5 fully saturated rings. The molecule has 1 saturated heterocycles. The van der Waals surface area contributed by atoms with E-state index in [9.17, 15) is 9.59 Å². The third-order valence-electron chi connectivity index (χ3n) is 9.50. The number of likely N-dealkylation sites (tertiary alicyclic amines) is 1. The van der Waals surface area contributed by atoms with Gasteiger partial charge in [-0.2, -0.15) is 0 Å². The molecule has 7 unspecified atom stereocenters. The monoisotopic (exact) mass is 419 g/mol. The van der Waals surface area contributed by atoms with Gasteiger partial charge in [-0.25, -0.2) is 4.98 Å². The number of aromatic nitrogens is 2. The molecule has 0 aromatic carbocycles. The number of nitrogens with one attached hydrogen (secondary N) is 2. The van der Waals surface area contributed by atoms with Gasteiger partial charge < -0.3 is 15.5 Å². The zero-order valence-electron chi connectivity index (χ0n) is 17.9. The quantitative estimate of drug-likeness (QED) is 0.741. The van der Waals surface area contributed by atoms with Crippen molar-refractivity contribution in [2.24, 2.45) is 35.0 Å². The highest BCUT2D eigenvalue weighted by atomic mass is 16.2. The van der Waals surface area contributed by atoms with Crippen LogP contribution in [-0.4, -0.2) is 58.8 Å². The Labute approximate surface area is 181 Å². The average Bonchev–Trinajstić information content (AvgIpc) is 2.97. The van der Waals surface area contributed by atoms with E-state index in [1.807, 2.05) is 40.7 Å². The van der Waals surface area contributed by atoms with E-state index < -0.39 is 0 Å². The molecule has 5 aliphatic rings. The summed E-state index contributed by atoms with van der Waals surface area (Å²) in [5.41, 5.74) is 2.80. The second kappa shape index (κ2) is 6.09. The standard InChI is InChI=1S/C24H29N5O2/c1-25-14-5-6-28(11-14)21(30)9-15-12-29-19(3-2-4-20(29)27-15)23(31)26-10-16-17-7-13-8-18-22(16)24(13,17)18/h2-4,12-14,16-18,22,25H,5-11H2,1H3,(H,26,31). The molecule has 4 saturated carbocycles. The van der Waals surface area contributed by atoms with E-state index in [-0.39, 0.29) is 18.2 Å². The summed E-state index contributed by atoms with van der Waals surface area (Å²) in [4.78, 5) is 32.2. The van der Waals surface area contributed by atoms with Gasteiger partial charge in [-0.05, 0) is 73.4 Å². The minimum Gasteiger partial charge on any atom is -0.350 e. The number of carbonyl (C=O) groups excluding carboxylic acids is 2. The summed E-state index contributed by atoms with van der Waals surface area (Å²) in [6.07, 6.45) is 5.96. The lowest BCUT2D eigenvalue weighted by Gasteiger charge is -2.62. The molecule has 3 heterocycles. The van der Waals surface area contributed by atoms with Gasteiger partial charge in [-0.1, -0.05) is 6.07 Å². The smallest absolute Gasteiger partial charge is 0.268 e. The van der Waals surface area contributed by atoms with Crippen molar-refractivity contribution in [3.63, 3.8) is 0 Å². The molecule has 2 aromatic heterocycles. The Hall–Kier alpha value is -2.41. The lowest BCUT2D eigenvalue weighted by Crippen LogP contribution is -2.58. The van der Waals surface area contributed by atoms with Crippen LogP contribution in [0.3, 0.4) is 0 Å². The fraction of sp³-hybridized carbons (Fsp3) is 0.625. The highest BCUT2D eigenvalue weighted by Gasteiger charge is 2.92. The van der Waals surface area contributed by atoms with Crippen molar-refractivity contribution >= 4 is 17.5 Å². The van der Waals surface area contributed by atoms with E-state index in [4.69, 9.17) is 0 Å². The Balaban J connectivity index is 1.03. The van der Waals surface area contributed by atoms with Gasteiger partial charge in [0, 0.05) is 31.9 Å². The minimum atomic E-state index is -0.0397. The zero-order chi connectivity index (χ0) is 20.9. The van der Waals surface area contributed by atoms with Gasteiger partial charge in [0.05, 0.1) is 12.1 Å². The van der Waals surface area contributed by atoms with Crippen LogP contribution in [0.5, 0.6) is 0 Å². The molecule has 7 nitrogen and oxygen atoms in total. The molecule has 7 atom stereocenters. The first-order valence-electron chi connectivity index (χ1n) is 11.8. The van der Waals surface area contributed by atoms with Gasteiger partial charge in [0.1, 0.15) is 11.3 Å². The van der Waals surface area contributed by atoms with Crippen LogP contribution in [0.15, 0.2) is 24.4 Å². The summed E-state index contributed by atoms with van der Waals surface area (Å²) in [6, 6.07) is 5.99. The Morgan fingerprint density at radius 1 is 1.26 bits per heavy atom. The summed E-state index contributed by atoms with van der Waals surface area (Å²) in [5, 5.41) is 6.45. The Morgan fingerprint density at radius 2 is 2.13 bits per heavy atom. The molecule has 1 aliphatic heterocycles. The fourth-order valence-corrected chi connectivity index (χ4v) is 8.02. The van der Waals surface area contributed by atoms with Crippen LogP contribution >= 0.6 is 0 Å². The number of imidazole rings is 1. The molecular formula is C24H29N5O2. The van der Waals surface area contributed by atoms with Gasteiger partial charge in [0.15, 0.2) is 0 Å². The normalized spacial score (nSPS) is 38.5. The molecule has 7 heteroatoms. The molecule has 7 rings (SSSR count). The predicted octanol–water partition coefficient (Wildman–Crippen LogP) is 1.33. The number of likely N-dealkylation sites (N-methyl/N-ethyl adjacent to an activating group) is 1. The summed E-state index contributed by atoms with van der Waals surface area (Å²) < 4.78 is 1.83. The minimum absolute atomic E-state index is 0.0397.